The van der Waals surface area contributed by atoms with E-state index in [1.807, 2.05) is 25.1 Å². The lowest BCUT2D eigenvalue weighted by atomic mass is 10.1. The summed E-state index contributed by atoms with van der Waals surface area (Å²) in [6.07, 6.45) is 0.113. The first-order chi connectivity index (χ1) is 11.1. The highest BCUT2D eigenvalue weighted by molar-refractivity contribution is 5.93. The average molecular weight is 313 g/mol. The Bertz CT molecular complexity index is 680. The molecular formula is C18H19NO4. The predicted octanol–water partition coefficient (Wildman–Crippen LogP) is 2.73. The third kappa shape index (κ3) is 5.14. The SMILES string of the molecule is COc1ccc(CC(=O)OCC(=O)Nc2ccccc2C)cc1. The van der Waals surface area contributed by atoms with Crippen LogP contribution < -0.4 is 10.1 Å². The van der Waals surface area contributed by atoms with Crippen molar-refractivity contribution < 1.29 is 19.1 Å². The number of hydrogen-bond donors (Lipinski definition) is 1. The van der Waals surface area contributed by atoms with Crippen molar-refractivity contribution in [3.63, 3.8) is 0 Å². The molecule has 2 rings (SSSR count). The summed E-state index contributed by atoms with van der Waals surface area (Å²) in [4.78, 5) is 23.6. The van der Waals surface area contributed by atoms with Gasteiger partial charge in [0.15, 0.2) is 6.61 Å². The molecule has 0 saturated carbocycles. The Morgan fingerprint density at radius 1 is 1.04 bits per heavy atom. The summed E-state index contributed by atoms with van der Waals surface area (Å²) in [5.41, 5.74) is 2.46. The zero-order valence-electron chi connectivity index (χ0n) is 13.2. The third-order valence-electron chi connectivity index (χ3n) is 3.29. The van der Waals surface area contributed by atoms with E-state index in [1.54, 1.807) is 37.4 Å². The van der Waals surface area contributed by atoms with E-state index >= 15 is 0 Å². The summed E-state index contributed by atoms with van der Waals surface area (Å²) in [6.45, 7) is 1.59. The smallest absolute Gasteiger partial charge is 0.310 e. The third-order valence-corrected chi connectivity index (χ3v) is 3.29. The minimum atomic E-state index is -0.449. The van der Waals surface area contributed by atoms with Gasteiger partial charge in [-0.05, 0) is 36.2 Å². The topological polar surface area (TPSA) is 64.6 Å². The second kappa shape index (κ2) is 7.98. The Labute approximate surface area is 135 Å². The summed E-state index contributed by atoms with van der Waals surface area (Å²) in [5, 5.41) is 2.71. The Morgan fingerprint density at radius 2 is 1.74 bits per heavy atom. The van der Waals surface area contributed by atoms with E-state index in [2.05, 4.69) is 5.32 Å². The monoisotopic (exact) mass is 313 g/mol. The molecule has 0 radical (unpaired) electrons. The minimum absolute atomic E-state index is 0.113. The van der Waals surface area contributed by atoms with Crippen LogP contribution in [0, 0.1) is 6.92 Å². The fourth-order valence-electron chi connectivity index (χ4n) is 2.01. The van der Waals surface area contributed by atoms with E-state index in [1.165, 1.54) is 0 Å². The minimum Gasteiger partial charge on any atom is -0.497 e. The highest BCUT2D eigenvalue weighted by Gasteiger charge is 2.09. The molecule has 0 heterocycles. The molecule has 0 fully saturated rings. The molecule has 0 aliphatic rings. The summed E-state index contributed by atoms with van der Waals surface area (Å²) in [7, 11) is 1.58. The zero-order valence-corrected chi connectivity index (χ0v) is 13.2. The lowest BCUT2D eigenvalue weighted by molar-refractivity contribution is -0.146. The van der Waals surface area contributed by atoms with Gasteiger partial charge in [0.25, 0.3) is 5.91 Å². The van der Waals surface area contributed by atoms with E-state index in [0.29, 0.717) is 5.69 Å². The largest absolute Gasteiger partial charge is 0.497 e. The molecular weight excluding hydrogens is 294 g/mol. The number of ether oxygens (including phenoxy) is 2. The quantitative estimate of drug-likeness (QED) is 0.833. The van der Waals surface area contributed by atoms with Crippen molar-refractivity contribution in [1.29, 1.82) is 0 Å². The lowest BCUT2D eigenvalue weighted by Crippen LogP contribution is -2.22. The molecule has 0 aliphatic carbocycles. The molecule has 0 saturated heterocycles. The number of para-hydroxylation sites is 1. The maximum atomic E-state index is 11.8. The Hall–Kier alpha value is -2.82. The van der Waals surface area contributed by atoms with Crippen LogP contribution in [0.3, 0.4) is 0 Å². The van der Waals surface area contributed by atoms with E-state index in [-0.39, 0.29) is 18.9 Å². The van der Waals surface area contributed by atoms with Crippen molar-refractivity contribution in [1.82, 2.24) is 0 Å². The molecule has 0 atom stereocenters. The van der Waals surface area contributed by atoms with Crippen LogP contribution >= 0.6 is 0 Å². The van der Waals surface area contributed by atoms with Crippen molar-refractivity contribution >= 4 is 17.6 Å². The second-order valence-electron chi connectivity index (χ2n) is 5.05. The van der Waals surface area contributed by atoms with Crippen LogP contribution in [0.25, 0.3) is 0 Å². The first-order valence-electron chi connectivity index (χ1n) is 7.22. The van der Waals surface area contributed by atoms with E-state index < -0.39 is 5.97 Å². The number of nitrogens with one attached hydrogen (secondary N) is 1. The number of esters is 1. The van der Waals surface area contributed by atoms with E-state index in [9.17, 15) is 9.59 Å². The molecule has 0 aromatic heterocycles. The number of carbonyl (C=O) groups is 2. The first-order valence-corrected chi connectivity index (χ1v) is 7.22. The van der Waals surface area contributed by atoms with Crippen LogP contribution in [-0.4, -0.2) is 25.6 Å². The van der Waals surface area contributed by atoms with Crippen LogP contribution in [0.5, 0.6) is 5.75 Å². The number of anilines is 1. The Kier molecular flexibility index (Phi) is 5.74. The molecule has 1 N–H and O–H groups in total. The highest BCUT2D eigenvalue weighted by atomic mass is 16.5. The van der Waals surface area contributed by atoms with Gasteiger partial charge in [-0.3, -0.25) is 9.59 Å². The molecule has 0 spiro atoms. The van der Waals surface area contributed by atoms with Gasteiger partial charge in [0.05, 0.1) is 13.5 Å². The summed E-state index contributed by atoms with van der Waals surface area (Å²) >= 11 is 0. The van der Waals surface area contributed by atoms with Gasteiger partial charge in [0, 0.05) is 5.69 Å². The molecule has 5 nitrogen and oxygen atoms in total. The second-order valence-corrected chi connectivity index (χ2v) is 5.05. The zero-order chi connectivity index (χ0) is 16.7. The number of carbonyl (C=O) groups excluding carboxylic acids is 2. The van der Waals surface area contributed by atoms with Gasteiger partial charge < -0.3 is 14.8 Å². The van der Waals surface area contributed by atoms with Crippen molar-refractivity contribution in [3.05, 3.63) is 59.7 Å². The van der Waals surface area contributed by atoms with Crippen molar-refractivity contribution in [3.8, 4) is 5.75 Å². The van der Waals surface area contributed by atoms with Crippen LogP contribution in [0.1, 0.15) is 11.1 Å². The molecule has 120 valence electrons. The van der Waals surface area contributed by atoms with Crippen LogP contribution in [0.4, 0.5) is 5.69 Å². The summed E-state index contributed by atoms with van der Waals surface area (Å²) < 4.78 is 10.0. The van der Waals surface area contributed by atoms with Crippen LogP contribution in [-0.2, 0) is 20.7 Å². The predicted molar refractivity (Wildman–Crippen MR) is 87.5 cm³/mol. The van der Waals surface area contributed by atoms with Crippen LogP contribution in [0.15, 0.2) is 48.5 Å². The van der Waals surface area contributed by atoms with Crippen molar-refractivity contribution in [2.45, 2.75) is 13.3 Å². The molecule has 1 amide bonds. The molecule has 23 heavy (non-hydrogen) atoms. The van der Waals surface area contributed by atoms with Crippen LogP contribution in [0.2, 0.25) is 0 Å². The number of rotatable bonds is 6. The molecule has 2 aromatic rings. The van der Waals surface area contributed by atoms with Gasteiger partial charge in [0.2, 0.25) is 0 Å². The number of hydrogen-bond acceptors (Lipinski definition) is 4. The molecule has 0 aliphatic heterocycles. The van der Waals surface area contributed by atoms with Gasteiger partial charge in [-0.2, -0.15) is 0 Å². The number of amides is 1. The Morgan fingerprint density at radius 3 is 2.39 bits per heavy atom. The maximum Gasteiger partial charge on any atom is 0.310 e. The molecule has 0 bridgehead atoms. The molecule has 0 unspecified atom stereocenters. The van der Waals surface area contributed by atoms with Gasteiger partial charge in [0.1, 0.15) is 5.75 Å². The number of aryl methyl sites for hydroxylation is 1. The van der Waals surface area contributed by atoms with Crippen molar-refractivity contribution in [2.24, 2.45) is 0 Å². The highest BCUT2D eigenvalue weighted by Crippen LogP contribution is 2.13. The van der Waals surface area contributed by atoms with E-state index in [0.717, 1.165) is 16.9 Å². The maximum absolute atomic E-state index is 11.8. The Balaban J connectivity index is 1.79. The average Bonchev–Trinajstić information content (AvgIpc) is 2.56. The van der Waals surface area contributed by atoms with E-state index in [4.69, 9.17) is 9.47 Å². The first kappa shape index (κ1) is 16.5. The fourth-order valence-corrected chi connectivity index (χ4v) is 2.01. The van der Waals surface area contributed by atoms with Crippen molar-refractivity contribution in [2.75, 3.05) is 19.0 Å². The van der Waals surface area contributed by atoms with Gasteiger partial charge in [-0.25, -0.2) is 0 Å². The number of benzene rings is 2. The summed E-state index contributed by atoms with van der Waals surface area (Å²) in [6, 6.07) is 14.5. The fraction of sp³-hybridized carbons (Fsp3) is 0.222. The van der Waals surface area contributed by atoms with Gasteiger partial charge in [-0.15, -0.1) is 0 Å². The number of methoxy groups -OCH3 is 1. The normalized spacial score (nSPS) is 10.0. The lowest BCUT2D eigenvalue weighted by Gasteiger charge is -2.09. The molecule has 2 aromatic carbocycles. The standard InChI is InChI=1S/C18H19NO4/c1-13-5-3-4-6-16(13)19-17(20)12-23-18(21)11-14-7-9-15(22-2)10-8-14/h3-10H,11-12H2,1-2H3,(H,19,20). The van der Waals surface area contributed by atoms with Gasteiger partial charge >= 0.3 is 5.97 Å². The van der Waals surface area contributed by atoms with Gasteiger partial charge in [-0.1, -0.05) is 30.3 Å². The molecule has 5 heteroatoms. The summed E-state index contributed by atoms with van der Waals surface area (Å²) in [5.74, 6) is -0.0859.